The highest BCUT2D eigenvalue weighted by atomic mass is 16.6. The number of aliphatic carboxylic acids is 2. The first kappa shape index (κ1) is 29.8. The predicted octanol–water partition coefficient (Wildman–Crippen LogP) is 3.63. The highest BCUT2D eigenvalue weighted by Crippen LogP contribution is 2.09. The lowest BCUT2D eigenvalue weighted by Crippen LogP contribution is -2.41. The Labute approximate surface area is 191 Å². The first-order valence-corrected chi connectivity index (χ1v) is 11.8. The van der Waals surface area contributed by atoms with Gasteiger partial charge in [0.05, 0.1) is 13.0 Å². The van der Waals surface area contributed by atoms with Crippen molar-refractivity contribution in [3.8, 4) is 0 Å². The number of unbranched alkanes of at least 4 members (excludes halogenated alkanes) is 7. The fraction of sp³-hybridized carbons (Fsp3) is 0.826. The Balaban J connectivity index is 4.80. The summed E-state index contributed by atoms with van der Waals surface area (Å²) in [5.74, 6) is -3.00. The summed E-state index contributed by atoms with van der Waals surface area (Å²) in [6.07, 6.45) is 8.05. The monoisotopic (exact) mass is 459 g/mol. The zero-order chi connectivity index (χ0) is 24.2. The zero-order valence-electron chi connectivity index (χ0n) is 19.7. The van der Waals surface area contributed by atoms with Gasteiger partial charge in [0.2, 0.25) is 0 Å². The Kier molecular flexibility index (Phi) is 18.2. The van der Waals surface area contributed by atoms with Crippen molar-refractivity contribution in [1.82, 2.24) is 4.90 Å². The van der Waals surface area contributed by atoms with Crippen molar-refractivity contribution in [2.75, 3.05) is 26.2 Å². The second-order valence-corrected chi connectivity index (χ2v) is 8.04. The second kappa shape index (κ2) is 19.5. The molecule has 0 fully saturated rings. The molecule has 0 saturated heterocycles. The molecule has 1 unspecified atom stereocenters. The summed E-state index contributed by atoms with van der Waals surface area (Å²) in [6, 6.07) is 0. The van der Waals surface area contributed by atoms with Crippen LogP contribution in [0.1, 0.15) is 90.9 Å². The van der Waals surface area contributed by atoms with Gasteiger partial charge < -0.3 is 19.7 Å². The van der Waals surface area contributed by atoms with Crippen molar-refractivity contribution >= 4 is 23.9 Å². The molecule has 0 aliphatic carbocycles. The van der Waals surface area contributed by atoms with Crippen molar-refractivity contribution < 1.29 is 38.9 Å². The Morgan fingerprint density at radius 3 is 1.88 bits per heavy atom. The van der Waals surface area contributed by atoms with Crippen LogP contribution in [0.4, 0.5) is 0 Å². The van der Waals surface area contributed by atoms with Gasteiger partial charge >= 0.3 is 23.9 Å². The second-order valence-electron chi connectivity index (χ2n) is 8.04. The summed E-state index contributed by atoms with van der Waals surface area (Å²) in [5, 5.41) is 18.0. The number of carbonyl (C=O) groups excluding carboxylic acids is 2. The van der Waals surface area contributed by atoms with Gasteiger partial charge in [0.1, 0.15) is 12.7 Å². The maximum absolute atomic E-state index is 12.2. The van der Waals surface area contributed by atoms with E-state index in [9.17, 15) is 19.2 Å². The quantitative estimate of drug-likeness (QED) is 0.195. The largest absolute Gasteiger partial charge is 0.481 e. The third-order valence-electron chi connectivity index (χ3n) is 4.91. The van der Waals surface area contributed by atoms with E-state index in [1.54, 1.807) is 0 Å². The lowest BCUT2D eigenvalue weighted by Gasteiger charge is -2.25. The van der Waals surface area contributed by atoms with Gasteiger partial charge in [0.25, 0.3) is 0 Å². The molecule has 0 radical (unpaired) electrons. The maximum Gasteiger partial charge on any atom is 0.317 e. The number of nitrogens with zero attached hydrogens (tertiary/aromatic N) is 1. The highest BCUT2D eigenvalue weighted by Gasteiger charge is 2.22. The molecule has 2 N–H and O–H groups in total. The number of esters is 2. The van der Waals surface area contributed by atoms with Gasteiger partial charge in [0.15, 0.2) is 0 Å². The van der Waals surface area contributed by atoms with Gasteiger partial charge in [-0.05, 0) is 12.8 Å². The van der Waals surface area contributed by atoms with Crippen LogP contribution in [-0.4, -0.2) is 71.3 Å². The van der Waals surface area contributed by atoms with Crippen LogP contribution in [0.5, 0.6) is 0 Å². The molecule has 0 spiro atoms. The van der Waals surface area contributed by atoms with E-state index in [1.165, 1.54) is 4.90 Å². The summed E-state index contributed by atoms with van der Waals surface area (Å²) in [7, 11) is 0. The highest BCUT2D eigenvalue weighted by molar-refractivity contribution is 5.71. The van der Waals surface area contributed by atoms with Gasteiger partial charge in [-0.15, -0.1) is 0 Å². The van der Waals surface area contributed by atoms with Crippen LogP contribution in [-0.2, 0) is 28.7 Å². The smallest absolute Gasteiger partial charge is 0.317 e. The van der Waals surface area contributed by atoms with Crippen LogP contribution < -0.4 is 0 Å². The van der Waals surface area contributed by atoms with Crippen LogP contribution >= 0.6 is 0 Å². The lowest BCUT2D eigenvalue weighted by atomic mass is 10.1. The van der Waals surface area contributed by atoms with Crippen LogP contribution in [0.3, 0.4) is 0 Å². The molecule has 0 aromatic heterocycles. The molecule has 186 valence electrons. The van der Waals surface area contributed by atoms with Gasteiger partial charge in [-0.25, -0.2) is 0 Å². The molecule has 0 heterocycles. The van der Waals surface area contributed by atoms with Crippen LogP contribution in [0.25, 0.3) is 0 Å². The fourth-order valence-corrected chi connectivity index (χ4v) is 3.16. The molecule has 32 heavy (non-hydrogen) atoms. The Hall–Kier alpha value is -2.16. The van der Waals surface area contributed by atoms with E-state index in [-0.39, 0.29) is 44.9 Å². The van der Waals surface area contributed by atoms with E-state index in [2.05, 4.69) is 13.8 Å². The molecule has 0 rings (SSSR count). The summed E-state index contributed by atoms with van der Waals surface area (Å²) in [6.45, 7) is 3.56. The minimum atomic E-state index is -1.12. The molecule has 0 saturated carbocycles. The van der Waals surface area contributed by atoms with E-state index in [0.717, 1.165) is 51.4 Å². The first-order chi connectivity index (χ1) is 15.3. The van der Waals surface area contributed by atoms with Crippen LogP contribution in [0, 0.1) is 0 Å². The van der Waals surface area contributed by atoms with Gasteiger partial charge in [-0.2, -0.15) is 0 Å². The third kappa shape index (κ3) is 18.6. The number of hydrogen-bond acceptors (Lipinski definition) is 7. The van der Waals surface area contributed by atoms with Crippen molar-refractivity contribution in [2.45, 2.75) is 97.0 Å². The van der Waals surface area contributed by atoms with Crippen LogP contribution in [0.15, 0.2) is 0 Å². The molecule has 1 atom stereocenters. The number of carboxylic acids is 2. The predicted molar refractivity (Wildman–Crippen MR) is 119 cm³/mol. The summed E-state index contributed by atoms with van der Waals surface area (Å²) >= 11 is 0. The zero-order valence-corrected chi connectivity index (χ0v) is 19.7. The average Bonchev–Trinajstić information content (AvgIpc) is 2.72. The number of ether oxygens (including phenoxy) is 2. The minimum absolute atomic E-state index is 0.0163. The van der Waals surface area contributed by atoms with Gasteiger partial charge in [0, 0.05) is 25.9 Å². The fourth-order valence-electron chi connectivity index (χ4n) is 3.16. The Bertz CT molecular complexity index is 552. The SMILES string of the molecule is CCCCCCCC(=O)OCC(CN(CCC(=O)O)CC(=O)O)OC(=O)CCCCCC. The van der Waals surface area contributed by atoms with Gasteiger partial charge in [-0.1, -0.05) is 58.8 Å². The van der Waals surface area contributed by atoms with E-state index in [4.69, 9.17) is 19.7 Å². The van der Waals surface area contributed by atoms with E-state index in [1.807, 2.05) is 0 Å². The summed E-state index contributed by atoms with van der Waals surface area (Å²) < 4.78 is 10.7. The number of carboxylic acid groups (broad SMARTS) is 2. The molecule has 9 nitrogen and oxygen atoms in total. The molecular weight excluding hydrogens is 418 g/mol. The first-order valence-electron chi connectivity index (χ1n) is 11.8. The number of hydrogen-bond donors (Lipinski definition) is 2. The Morgan fingerprint density at radius 2 is 1.31 bits per heavy atom. The number of carbonyl (C=O) groups is 4. The van der Waals surface area contributed by atoms with E-state index < -0.39 is 30.6 Å². The minimum Gasteiger partial charge on any atom is -0.481 e. The normalized spacial score (nSPS) is 11.8. The summed E-state index contributed by atoms with van der Waals surface area (Å²) in [4.78, 5) is 47.6. The lowest BCUT2D eigenvalue weighted by molar-refractivity contribution is -0.161. The van der Waals surface area contributed by atoms with Crippen molar-refractivity contribution in [2.24, 2.45) is 0 Å². The average molecular weight is 460 g/mol. The Morgan fingerprint density at radius 1 is 0.750 bits per heavy atom. The van der Waals surface area contributed by atoms with Crippen molar-refractivity contribution in [3.05, 3.63) is 0 Å². The maximum atomic E-state index is 12.2. The van der Waals surface area contributed by atoms with E-state index >= 15 is 0 Å². The molecule has 0 bridgehead atoms. The van der Waals surface area contributed by atoms with Crippen LogP contribution in [0.2, 0.25) is 0 Å². The number of rotatable bonds is 21. The molecular formula is C23H41NO8. The molecule has 0 amide bonds. The summed E-state index contributed by atoms with van der Waals surface area (Å²) in [5.41, 5.74) is 0. The van der Waals surface area contributed by atoms with E-state index in [0.29, 0.717) is 6.42 Å². The molecule has 0 aliphatic heterocycles. The van der Waals surface area contributed by atoms with Gasteiger partial charge in [-0.3, -0.25) is 24.1 Å². The molecule has 0 aromatic rings. The van der Waals surface area contributed by atoms with Crippen molar-refractivity contribution in [1.29, 1.82) is 0 Å². The molecule has 9 heteroatoms. The molecule has 0 aromatic carbocycles. The molecule has 0 aliphatic rings. The topological polar surface area (TPSA) is 130 Å². The van der Waals surface area contributed by atoms with Crippen molar-refractivity contribution in [3.63, 3.8) is 0 Å². The standard InChI is InChI=1S/C23H41NO8/c1-3-5-7-9-11-12-22(29)31-18-19(32-23(30)13-10-8-6-4-2)16-24(17-21(27)28)15-14-20(25)26/h19H,3-18H2,1-2H3,(H,25,26)(H,27,28). The third-order valence-corrected chi connectivity index (χ3v) is 4.91.